The standard InChI is InChI=1S/C36H50N2O6/c1-23(2)37-31(41)38(21-25-7-5-17-43-25)22-35(42)14-11-29-33(35,4)13-10-28-32(3)12-9-24(39)19-34(32)15-16-36(28,29)26(20-34)30(40)27-8-6-18-44-27/h6,8,15-16,18,20,23-25,28-29,39,42H,5,7,9-14,17,19,21-22H2,1-4H3,(H,37,41). The quantitative estimate of drug-likeness (QED) is 0.273. The summed E-state index contributed by atoms with van der Waals surface area (Å²) in [5.74, 6) is 0.481. The van der Waals surface area contributed by atoms with Crippen molar-refractivity contribution in [2.75, 3.05) is 19.7 Å². The normalized spacial score (nSPS) is 43.8. The number of ether oxygens (including phenoxy) is 1. The third kappa shape index (κ3) is 4.12. The summed E-state index contributed by atoms with van der Waals surface area (Å²) in [6, 6.07) is 3.33. The predicted octanol–water partition coefficient (Wildman–Crippen LogP) is 5.65. The molecule has 240 valence electrons. The van der Waals surface area contributed by atoms with Gasteiger partial charge in [-0.2, -0.15) is 0 Å². The number of Topliss-reactive ketones (excluding diaryl/α,β-unsaturated/α-hetero) is 1. The molecule has 3 N–H and O–H groups in total. The van der Waals surface area contributed by atoms with Crippen molar-refractivity contribution in [2.24, 2.45) is 33.5 Å². The van der Waals surface area contributed by atoms with Crippen LogP contribution in [0, 0.1) is 33.5 Å². The maximum absolute atomic E-state index is 14.4. The van der Waals surface area contributed by atoms with E-state index in [4.69, 9.17) is 9.15 Å². The van der Waals surface area contributed by atoms with Crippen LogP contribution >= 0.6 is 0 Å². The second kappa shape index (κ2) is 10.3. The number of rotatable bonds is 7. The van der Waals surface area contributed by atoms with Crippen molar-refractivity contribution in [3.05, 3.63) is 48.0 Å². The number of nitrogens with one attached hydrogen (secondary N) is 1. The molecular weight excluding hydrogens is 556 g/mol. The summed E-state index contributed by atoms with van der Waals surface area (Å²) in [7, 11) is 0. The van der Waals surface area contributed by atoms with Crippen LogP contribution in [-0.2, 0) is 4.74 Å². The van der Waals surface area contributed by atoms with E-state index in [0.29, 0.717) is 31.8 Å². The molecule has 9 atom stereocenters. The number of hydrogen-bond acceptors (Lipinski definition) is 6. The van der Waals surface area contributed by atoms with Crippen molar-refractivity contribution in [1.29, 1.82) is 0 Å². The topological polar surface area (TPSA) is 112 Å². The number of aliphatic hydroxyl groups excluding tert-OH is 1. The molecule has 7 aliphatic rings. The smallest absolute Gasteiger partial charge is 0.317 e. The Labute approximate surface area is 261 Å². The minimum atomic E-state index is -1.12. The van der Waals surface area contributed by atoms with Crippen LogP contribution in [-0.4, -0.2) is 70.5 Å². The maximum Gasteiger partial charge on any atom is 0.317 e. The van der Waals surface area contributed by atoms with Gasteiger partial charge >= 0.3 is 6.03 Å². The first-order valence-corrected chi connectivity index (χ1v) is 17.0. The largest absolute Gasteiger partial charge is 0.461 e. The van der Waals surface area contributed by atoms with Gasteiger partial charge in [0.2, 0.25) is 5.78 Å². The Hall–Kier alpha value is -2.42. The van der Waals surface area contributed by atoms with Gasteiger partial charge in [0.15, 0.2) is 5.76 Å². The summed E-state index contributed by atoms with van der Waals surface area (Å²) in [5, 5.41) is 26.7. The van der Waals surface area contributed by atoms with Crippen molar-refractivity contribution in [3.8, 4) is 0 Å². The monoisotopic (exact) mass is 606 g/mol. The fourth-order valence-corrected chi connectivity index (χ4v) is 11.0. The molecule has 2 spiro atoms. The molecule has 8 rings (SSSR count). The molecule has 2 amide bonds. The number of urea groups is 1. The summed E-state index contributed by atoms with van der Waals surface area (Å²) >= 11 is 0. The van der Waals surface area contributed by atoms with E-state index in [2.05, 4.69) is 37.4 Å². The first kappa shape index (κ1) is 30.2. The first-order chi connectivity index (χ1) is 20.9. The number of furan rings is 1. The number of nitrogens with zero attached hydrogens (tertiary/aromatic N) is 1. The summed E-state index contributed by atoms with van der Waals surface area (Å²) in [4.78, 5) is 29.7. The number of carbonyl (C=O) groups excluding carboxylic acids is 2. The predicted molar refractivity (Wildman–Crippen MR) is 166 cm³/mol. The van der Waals surface area contributed by atoms with Gasteiger partial charge in [-0.15, -0.1) is 0 Å². The van der Waals surface area contributed by atoms with E-state index in [-0.39, 0.29) is 53.2 Å². The summed E-state index contributed by atoms with van der Waals surface area (Å²) in [6.07, 6.45) is 15.2. The van der Waals surface area contributed by atoms with Crippen molar-refractivity contribution in [2.45, 2.75) is 109 Å². The number of amides is 2. The summed E-state index contributed by atoms with van der Waals surface area (Å²) in [5.41, 5.74) is -1.90. The molecule has 2 heterocycles. The molecule has 9 unspecified atom stereocenters. The molecule has 1 saturated heterocycles. The Morgan fingerprint density at radius 1 is 1.07 bits per heavy atom. The first-order valence-electron chi connectivity index (χ1n) is 17.0. The van der Waals surface area contributed by atoms with Crippen LogP contribution in [0.25, 0.3) is 0 Å². The molecular formula is C36H50N2O6. The van der Waals surface area contributed by atoms with E-state index >= 15 is 0 Å². The molecule has 6 aliphatic carbocycles. The zero-order valence-electron chi connectivity index (χ0n) is 26.8. The van der Waals surface area contributed by atoms with Crippen LogP contribution in [0.5, 0.6) is 0 Å². The molecule has 8 heteroatoms. The van der Waals surface area contributed by atoms with Crippen LogP contribution < -0.4 is 5.32 Å². The number of carbonyl (C=O) groups is 2. The second-order valence-corrected chi connectivity index (χ2v) is 15.7. The Morgan fingerprint density at radius 3 is 2.52 bits per heavy atom. The van der Waals surface area contributed by atoms with E-state index in [1.807, 2.05) is 13.8 Å². The zero-order chi connectivity index (χ0) is 31.1. The molecule has 0 aromatic carbocycles. The van der Waals surface area contributed by atoms with Gasteiger partial charge in [-0.05, 0) is 101 Å². The fraction of sp³-hybridized carbons (Fsp3) is 0.722. The van der Waals surface area contributed by atoms with Crippen LogP contribution in [0.1, 0.15) is 96.0 Å². The molecule has 1 aliphatic heterocycles. The zero-order valence-corrected chi connectivity index (χ0v) is 26.8. The Morgan fingerprint density at radius 2 is 1.82 bits per heavy atom. The highest BCUT2D eigenvalue weighted by Gasteiger charge is 2.74. The van der Waals surface area contributed by atoms with E-state index in [0.717, 1.165) is 50.5 Å². The van der Waals surface area contributed by atoms with E-state index in [1.54, 1.807) is 23.3 Å². The highest BCUT2D eigenvalue weighted by Crippen LogP contribution is 2.78. The van der Waals surface area contributed by atoms with Crippen LogP contribution in [0.2, 0.25) is 0 Å². The third-order valence-electron chi connectivity index (χ3n) is 13.3. The van der Waals surface area contributed by atoms with Crippen LogP contribution in [0.15, 0.2) is 46.6 Å². The molecule has 8 nitrogen and oxygen atoms in total. The Bertz CT molecular complexity index is 1360. The molecule has 1 aromatic rings. The van der Waals surface area contributed by atoms with Gasteiger partial charge in [-0.1, -0.05) is 32.1 Å². The van der Waals surface area contributed by atoms with Crippen molar-refractivity contribution < 1.29 is 29.0 Å². The van der Waals surface area contributed by atoms with Gasteiger partial charge in [-0.3, -0.25) is 4.79 Å². The van der Waals surface area contributed by atoms with E-state index in [9.17, 15) is 19.8 Å². The SMILES string of the molecule is CC(C)NC(=O)N(CC1CCCO1)CC1(O)CCC2C34C=CC5(C=C3C(=O)c3ccco3)CC(O)CCC5(C)C4CCC21C. The Kier molecular flexibility index (Phi) is 7.08. The maximum atomic E-state index is 14.4. The summed E-state index contributed by atoms with van der Waals surface area (Å²) in [6.45, 7) is 9.92. The molecule has 4 fully saturated rings. The highest BCUT2D eigenvalue weighted by atomic mass is 16.5. The lowest BCUT2D eigenvalue weighted by atomic mass is 9.32. The van der Waals surface area contributed by atoms with Crippen molar-refractivity contribution in [3.63, 3.8) is 0 Å². The molecule has 2 bridgehead atoms. The van der Waals surface area contributed by atoms with Crippen LogP contribution in [0.3, 0.4) is 0 Å². The second-order valence-electron chi connectivity index (χ2n) is 15.7. The average molecular weight is 607 g/mol. The van der Waals surface area contributed by atoms with Gasteiger partial charge in [-0.25, -0.2) is 4.79 Å². The number of hydrogen-bond donors (Lipinski definition) is 3. The fourth-order valence-electron chi connectivity index (χ4n) is 11.0. The average Bonchev–Trinajstić information content (AvgIpc) is 3.74. The minimum absolute atomic E-state index is 0.0138. The molecule has 0 radical (unpaired) electrons. The van der Waals surface area contributed by atoms with Gasteiger partial charge < -0.3 is 29.6 Å². The van der Waals surface area contributed by atoms with Gasteiger partial charge in [0, 0.05) is 41.0 Å². The molecule has 3 saturated carbocycles. The number of allylic oxidation sites excluding steroid dienone is 4. The van der Waals surface area contributed by atoms with E-state index < -0.39 is 22.5 Å². The number of fused-ring (bicyclic) bond motifs is 1. The lowest BCUT2D eigenvalue weighted by Gasteiger charge is -2.71. The molecule has 1 aromatic heterocycles. The summed E-state index contributed by atoms with van der Waals surface area (Å²) < 4.78 is 11.6. The van der Waals surface area contributed by atoms with Gasteiger partial charge in [0.05, 0.1) is 30.6 Å². The van der Waals surface area contributed by atoms with Gasteiger partial charge in [0.25, 0.3) is 0 Å². The number of ketones is 1. The third-order valence-corrected chi connectivity index (χ3v) is 13.3. The minimum Gasteiger partial charge on any atom is -0.461 e. The van der Waals surface area contributed by atoms with E-state index in [1.165, 1.54) is 0 Å². The number of aliphatic hydroxyl groups is 2. The lowest BCUT2D eigenvalue weighted by molar-refractivity contribution is -0.175. The van der Waals surface area contributed by atoms with Crippen molar-refractivity contribution in [1.82, 2.24) is 10.2 Å². The Balaban J connectivity index is 1.29. The van der Waals surface area contributed by atoms with Crippen LogP contribution in [0.4, 0.5) is 4.79 Å². The lowest BCUT2D eigenvalue weighted by Crippen LogP contribution is -2.67. The van der Waals surface area contributed by atoms with Gasteiger partial charge in [0.1, 0.15) is 0 Å². The highest BCUT2D eigenvalue weighted by molar-refractivity contribution is 6.08. The molecule has 44 heavy (non-hydrogen) atoms. The van der Waals surface area contributed by atoms with Crippen molar-refractivity contribution >= 4 is 11.8 Å².